The lowest BCUT2D eigenvalue weighted by Gasteiger charge is -2.36. The maximum absolute atomic E-state index is 12.7. The van der Waals surface area contributed by atoms with E-state index in [1.54, 1.807) is 7.11 Å². The Bertz CT molecular complexity index is 717. The van der Waals surface area contributed by atoms with Gasteiger partial charge in [0, 0.05) is 38.3 Å². The normalized spacial score (nSPS) is 15.7. The average molecular weight is 352 g/mol. The lowest BCUT2D eigenvalue weighted by molar-refractivity contribution is -0.131. The number of piperazine rings is 1. The van der Waals surface area contributed by atoms with Crippen LogP contribution in [0.5, 0.6) is 5.75 Å². The van der Waals surface area contributed by atoms with E-state index in [-0.39, 0.29) is 11.8 Å². The molecule has 0 spiro atoms. The van der Waals surface area contributed by atoms with E-state index in [9.17, 15) is 4.79 Å². The fourth-order valence-electron chi connectivity index (χ4n) is 3.41. The van der Waals surface area contributed by atoms with Crippen LogP contribution in [0.4, 0.5) is 5.69 Å². The van der Waals surface area contributed by atoms with Crippen LogP contribution in [0.1, 0.15) is 30.4 Å². The summed E-state index contributed by atoms with van der Waals surface area (Å²) in [6, 6.07) is 16.6. The summed E-state index contributed by atoms with van der Waals surface area (Å²) in [7, 11) is 1.66. The zero-order chi connectivity index (χ0) is 18.5. The highest BCUT2D eigenvalue weighted by Gasteiger charge is 2.23. The Labute approximate surface area is 156 Å². The van der Waals surface area contributed by atoms with Gasteiger partial charge >= 0.3 is 0 Å². The molecule has 3 rings (SSSR count). The van der Waals surface area contributed by atoms with E-state index in [0.717, 1.165) is 31.9 Å². The molecule has 0 bridgehead atoms. The van der Waals surface area contributed by atoms with E-state index in [1.165, 1.54) is 16.8 Å². The number of amides is 1. The summed E-state index contributed by atoms with van der Waals surface area (Å²) in [5.74, 6) is 1.31. The van der Waals surface area contributed by atoms with Crippen molar-refractivity contribution < 1.29 is 9.53 Å². The standard InChI is InChI=1S/C22H28N2O2/c1-17-4-8-20(9-5-17)23-12-14-24(15-13-23)22(25)16-18(2)19-6-10-21(26-3)11-7-19/h4-11,18H,12-16H2,1-3H3. The SMILES string of the molecule is COc1ccc(C(C)CC(=O)N2CCN(c3ccc(C)cc3)CC2)cc1. The van der Waals surface area contributed by atoms with Crippen molar-refractivity contribution in [1.82, 2.24) is 4.90 Å². The van der Waals surface area contributed by atoms with Crippen LogP contribution in [0, 0.1) is 6.92 Å². The number of aryl methyl sites for hydroxylation is 1. The molecule has 26 heavy (non-hydrogen) atoms. The number of methoxy groups -OCH3 is 1. The predicted octanol–water partition coefficient (Wildman–Crippen LogP) is 3.85. The molecular weight excluding hydrogens is 324 g/mol. The third-order valence-electron chi connectivity index (χ3n) is 5.20. The summed E-state index contributed by atoms with van der Waals surface area (Å²) in [4.78, 5) is 17.0. The van der Waals surface area contributed by atoms with E-state index in [4.69, 9.17) is 4.74 Å². The maximum Gasteiger partial charge on any atom is 0.223 e. The van der Waals surface area contributed by atoms with Crippen molar-refractivity contribution in [2.24, 2.45) is 0 Å². The van der Waals surface area contributed by atoms with Crippen molar-refractivity contribution in [3.8, 4) is 5.75 Å². The molecule has 2 aromatic carbocycles. The number of hydrogen-bond donors (Lipinski definition) is 0. The van der Waals surface area contributed by atoms with E-state index >= 15 is 0 Å². The molecule has 1 amide bonds. The van der Waals surface area contributed by atoms with Crippen molar-refractivity contribution in [3.05, 3.63) is 59.7 Å². The molecule has 4 nitrogen and oxygen atoms in total. The number of nitrogens with zero attached hydrogens (tertiary/aromatic N) is 2. The molecule has 1 fully saturated rings. The van der Waals surface area contributed by atoms with Gasteiger partial charge in [0.1, 0.15) is 5.75 Å². The largest absolute Gasteiger partial charge is 0.497 e. The van der Waals surface area contributed by atoms with Crippen LogP contribution in [0.2, 0.25) is 0 Å². The number of carbonyl (C=O) groups excluding carboxylic acids is 1. The van der Waals surface area contributed by atoms with Crippen LogP contribution in [0.15, 0.2) is 48.5 Å². The van der Waals surface area contributed by atoms with Gasteiger partial charge in [-0.05, 0) is 42.7 Å². The number of ether oxygens (including phenoxy) is 1. The summed E-state index contributed by atoms with van der Waals surface area (Å²) >= 11 is 0. The molecule has 0 aromatic heterocycles. The molecule has 1 aliphatic rings. The molecule has 0 N–H and O–H groups in total. The molecule has 1 atom stereocenters. The fourth-order valence-corrected chi connectivity index (χ4v) is 3.41. The number of rotatable bonds is 5. The quantitative estimate of drug-likeness (QED) is 0.819. The molecule has 4 heteroatoms. The van der Waals surface area contributed by atoms with E-state index in [0.29, 0.717) is 6.42 Å². The molecule has 0 saturated carbocycles. The highest BCUT2D eigenvalue weighted by molar-refractivity contribution is 5.77. The molecule has 1 aliphatic heterocycles. The summed E-state index contributed by atoms with van der Waals surface area (Å²) in [5.41, 5.74) is 3.70. The number of carbonyl (C=O) groups is 1. The number of hydrogen-bond acceptors (Lipinski definition) is 3. The van der Waals surface area contributed by atoms with Crippen molar-refractivity contribution in [3.63, 3.8) is 0 Å². The predicted molar refractivity (Wildman–Crippen MR) is 106 cm³/mol. The summed E-state index contributed by atoms with van der Waals surface area (Å²) in [5, 5.41) is 0. The minimum Gasteiger partial charge on any atom is -0.497 e. The molecule has 1 saturated heterocycles. The molecule has 138 valence electrons. The minimum absolute atomic E-state index is 0.212. The van der Waals surface area contributed by atoms with Gasteiger partial charge in [0.25, 0.3) is 0 Å². The van der Waals surface area contributed by atoms with Crippen LogP contribution in [0.25, 0.3) is 0 Å². The zero-order valence-corrected chi connectivity index (χ0v) is 15.9. The second-order valence-electron chi connectivity index (χ2n) is 7.08. The topological polar surface area (TPSA) is 32.8 Å². The first-order valence-corrected chi connectivity index (χ1v) is 9.30. The second-order valence-corrected chi connectivity index (χ2v) is 7.08. The molecule has 1 heterocycles. The van der Waals surface area contributed by atoms with Gasteiger partial charge in [0.05, 0.1) is 7.11 Å². The minimum atomic E-state index is 0.212. The third kappa shape index (κ3) is 4.37. The van der Waals surface area contributed by atoms with E-state index < -0.39 is 0 Å². The molecule has 2 aromatic rings. The van der Waals surface area contributed by atoms with Gasteiger partial charge in [-0.1, -0.05) is 36.8 Å². The Kier molecular flexibility index (Phi) is 5.82. The monoisotopic (exact) mass is 352 g/mol. The fraction of sp³-hybridized carbons (Fsp3) is 0.409. The van der Waals surface area contributed by atoms with Crippen molar-refractivity contribution >= 4 is 11.6 Å². The van der Waals surface area contributed by atoms with E-state index in [1.807, 2.05) is 29.2 Å². The van der Waals surface area contributed by atoms with Gasteiger partial charge in [0.2, 0.25) is 5.91 Å². The Balaban J connectivity index is 1.52. The number of anilines is 1. The summed E-state index contributed by atoms with van der Waals surface area (Å²) in [6.45, 7) is 7.59. The maximum atomic E-state index is 12.7. The van der Waals surface area contributed by atoms with Crippen molar-refractivity contribution in [1.29, 1.82) is 0 Å². The van der Waals surface area contributed by atoms with Gasteiger partial charge in [-0.15, -0.1) is 0 Å². The van der Waals surface area contributed by atoms with Gasteiger partial charge in [0.15, 0.2) is 0 Å². The van der Waals surface area contributed by atoms with Crippen LogP contribution < -0.4 is 9.64 Å². The first-order chi connectivity index (χ1) is 12.6. The van der Waals surface area contributed by atoms with Gasteiger partial charge in [-0.3, -0.25) is 4.79 Å². The lowest BCUT2D eigenvalue weighted by Crippen LogP contribution is -2.49. The number of benzene rings is 2. The first-order valence-electron chi connectivity index (χ1n) is 9.30. The molecule has 1 unspecified atom stereocenters. The average Bonchev–Trinajstić information content (AvgIpc) is 2.68. The van der Waals surface area contributed by atoms with Crippen LogP contribution in [-0.4, -0.2) is 44.1 Å². The summed E-state index contributed by atoms with van der Waals surface area (Å²) in [6.07, 6.45) is 0.552. The van der Waals surface area contributed by atoms with Gasteiger partial charge in [-0.25, -0.2) is 0 Å². The first kappa shape index (κ1) is 18.3. The smallest absolute Gasteiger partial charge is 0.223 e. The Hall–Kier alpha value is -2.49. The zero-order valence-electron chi connectivity index (χ0n) is 15.9. The molecule has 0 aliphatic carbocycles. The van der Waals surface area contributed by atoms with Gasteiger partial charge in [-0.2, -0.15) is 0 Å². The highest BCUT2D eigenvalue weighted by atomic mass is 16.5. The third-order valence-corrected chi connectivity index (χ3v) is 5.20. The van der Waals surface area contributed by atoms with Crippen molar-refractivity contribution in [2.75, 3.05) is 38.2 Å². The molecular formula is C22H28N2O2. The van der Waals surface area contributed by atoms with Gasteiger partial charge < -0.3 is 14.5 Å². The Morgan fingerprint density at radius 3 is 2.19 bits per heavy atom. The highest BCUT2D eigenvalue weighted by Crippen LogP contribution is 2.23. The van der Waals surface area contributed by atoms with Crippen LogP contribution in [0.3, 0.4) is 0 Å². The second kappa shape index (κ2) is 8.26. The molecule has 0 radical (unpaired) electrons. The van der Waals surface area contributed by atoms with Crippen LogP contribution >= 0.6 is 0 Å². The Morgan fingerprint density at radius 1 is 1.00 bits per heavy atom. The Morgan fingerprint density at radius 2 is 1.62 bits per heavy atom. The van der Waals surface area contributed by atoms with Crippen molar-refractivity contribution in [2.45, 2.75) is 26.2 Å². The van der Waals surface area contributed by atoms with Crippen LogP contribution in [-0.2, 0) is 4.79 Å². The summed E-state index contributed by atoms with van der Waals surface area (Å²) < 4.78 is 5.20. The lowest BCUT2D eigenvalue weighted by atomic mass is 9.97. The van der Waals surface area contributed by atoms with E-state index in [2.05, 4.69) is 43.0 Å².